The smallest absolute Gasteiger partial charge is 0.251 e. The van der Waals surface area contributed by atoms with Crippen molar-refractivity contribution in [3.05, 3.63) is 162 Å². The molecule has 0 radical (unpaired) electrons. The predicted octanol–water partition coefficient (Wildman–Crippen LogP) is 7.62. The topological polar surface area (TPSA) is 85.6 Å². The molecule has 0 bridgehead atoms. The Morgan fingerprint density at radius 3 is 2.30 bits per heavy atom. The number of rotatable bonds is 9. The van der Waals surface area contributed by atoms with Gasteiger partial charge in [0.2, 0.25) is 0 Å². The molecule has 1 saturated heterocycles. The number of nitrogens with zero attached hydrogens (tertiary/aromatic N) is 2. The number of nitrogens with one attached hydrogen (secondary N) is 1. The first-order valence-corrected chi connectivity index (χ1v) is 16.0. The van der Waals surface area contributed by atoms with Gasteiger partial charge in [-0.2, -0.15) is 0 Å². The highest BCUT2D eigenvalue weighted by Crippen LogP contribution is 2.42. The standard InChI is InChI=1S/C40H37N3O4/c1-27-37(24-43-26-42-35-13-7-8-14-36(35)43)46-40(47-38(27)30-17-15-28(25-44)16-18-30)32-21-19-29(20-22-32)34-12-6-5-11-33(34)23-41-39(45)31-9-3-2-4-10-31/h2-22,26-27,37-38,40,44H,23-25H2,1H3,(H,41,45)/t27-,37+,38+,40+/m0/s1. The van der Waals surface area contributed by atoms with Crippen molar-refractivity contribution in [2.75, 3.05) is 0 Å². The highest BCUT2D eigenvalue weighted by atomic mass is 16.7. The van der Waals surface area contributed by atoms with Crippen molar-refractivity contribution in [2.45, 2.75) is 45.1 Å². The minimum absolute atomic E-state index is 0.00169. The van der Waals surface area contributed by atoms with E-state index in [1.807, 2.05) is 97.3 Å². The number of benzene rings is 5. The molecule has 7 heteroatoms. The zero-order valence-electron chi connectivity index (χ0n) is 26.2. The molecule has 236 valence electrons. The van der Waals surface area contributed by atoms with Gasteiger partial charge in [-0.05, 0) is 52.1 Å². The summed E-state index contributed by atoms with van der Waals surface area (Å²) in [4.78, 5) is 17.3. The van der Waals surface area contributed by atoms with E-state index < -0.39 is 6.29 Å². The molecule has 0 spiro atoms. The second kappa shape index (κ2) is 13.7. The van der Waals surface area contributed by atoms with Crippen LogP contribution in [0.5, 0.6) is 0 Å². The van der Waals surface area contributed by atoms with Crippen molar-refractivity contribution in [1.82, 2.24) is 14.9 Å². The van der Waals surface area contributed by atoms with E-state index in [-0.39, 0.29) is 30.6 Å². The number of aliphatic hydroxyl groups is 1. The first-order valence-electron chi connectivity index (χ1n) is 16.0. The zero-order valence-corrected chi connectivity index (χ0v) is 26.2. The number of aromatic nitrogens is 2. The molecule has 47 heavy (non-hydrogen) atoms. The molecule has 7 rings (SSSR count). The van der Waals surface area contributed by atoms with Gasteiger partial charge in [0.15, 0.2) is 6.29 Å². The first kappa shape index (κ1) is 30.6. The van der Waals surface area contributed by atoms with Crippen LogP contribution >= 0.6 is 0 Å². The Morgan fingerprint density at radius 1 is 0.809 bits per heavy atom. The highest BCUT2D eigenvalue weighted by molar-refractivity contribution is 5.94. The summed E-state index contributed by atoms with van der Waals surface area (Å²) < 4.78 is 15.6. The Kier molecular flexibility index (Phi) is 8.93. The van der Waals surface area contributed by atoms with Crippen LogP contribution in [0.3, 0.4) is 0 Å². The van der Waals surface area contributed by atoms with Crippen LogP contribution in [0, 0.1) is 5.92 Å². The van der Waals surface area contributed by atoms with E-state index >= 15 is 0 Å². The average molecular weight is 624 g/mol. The third-order valence-electron chi connectivity index (χ3n) is 9.01. The van der Waals surface area contributed by atoms with E-state index in [2.05, 4.69) is 58.2 Å². The molecule has 2 heterocycles. The molecule has 7 nitrogen and oxygen atoms in total. The second-order valence-electron chi connectivity index (χ2n) is 12.0. The minimum atomic E-state index is -0.581. The summed E-state index contributed by atoms with van der Waals surface area (Å²) in [6, 6.07) is 41.8. The summed E-state index contributed by atoms with van der Waals surface area (Å²) in [5, 5.41) is 12.7. The number of amides is 1. The highest BCUT2D eigenvalue weighted by Gasteiger charge is 2.38. The van der Waals surface area contributed by atoms with E-state index in [0.29, 0.717) is 18.7 Å². The van der Waals surface area contributed by atoms with Gasteiger partial charge in [0.05, 0.1) is 42.7 Å². The molecular formula is C40H37N3O4. The van der Waals surface area contributed by atoms with E-state index in [1.54, 1.807) is 0 Å². The number of carbonyl (C=O) groups excluding carboxylic acids is 1. The number of carbonyl (C=O) groups is 1. The average Bonchev–Trinajstić information content (AvgIpc) is 3.54. The molecule has 5 aromatic carbocycles. The maximum absolute atomic E-state index is 12.7. The van der Waals surface area contributed by atoms with Gasteiger partial charge in [0, 0.05) is 23.6 Å². The molecule has 1 aliphatic rings. The normalized spacial score (nSPS) is 19.4. The van der Waals surface area contributed by atoms with Gasteiger partial charge in [0.25, 0.3) is 5.91 Å². The Labute approximate surface area is 274 Å². The third kappa shape index (κ3) is 6.60. The molecule has 1 aromatic heterocycles. The second-order valence-corrected chi connectivity index (χ2v) is 12.0. The molecule has 0 unspecified atom stereocenters. The fraction of sp³-hybridized carbons (Fsp3) is 0.200. The summed E-state index contributed by atoms with van der Waals surface area (Å²) in [5.74, 6) is -0.0555. The van der Waals surface area contributed by atoms with Gasteiger partial charge in [-0.25, -0.2) is 4.98 Å². The van der Waals surface area contributed by atoms with Crippen LogP contribution in [0.1, 0.15) is 51.9 Å². The van der Waals surface area contributed by atoms with Crippen LogP contribution in [0.25, 0.3) is 22.2 Å². The molecule has 1 fully saturated rings. The number of hydrogen-bond donors (Lipinski definition) is 2. The Morgan fingerprint density at radius 2 is 1.51 bits per heavy atom. The van der Waals surface area contributed by atoms with Crippen molar-refractivity contribution >= 4 is 16.9 Å². The number of aliphatic hydroxyl groups excluding tert-OH is 1. The van der Waals surface area contributed by atoms with Crippen LogP contribution in [0.15, 0.2) is 134 Å². The van der Waals surface area contributed by atoms with Crippen LogP contribution in [0.4, 0.5) is 0 Å². The summed E-state index contributed by atoms with van der Waals surface area (Å²) in [6.45, 7) is 3.21. The maximum Gasteiger partial charge on any atom is 0.251 e. The van der Waals surface area contributed by atoms with Gasteiger partial charge < -0.3 is 24.5 Å². The lowest BCUT2D eigenvalue weighted by Crippen LogP contribution is -2.39. The van der Waals surface area contributed by atoms with Crippen LogP contribution in [-0.4, -0.2) is 26.7 Å². The van der Waals surface area contributed by atoms with Crippen molar-refractivity contribution in [1.29, 1.82) is 0 Å². The van der Waals surface area contributed by atoms with Gasteiger partial charge in [-0.3, -0.25) is 4.79 Å². The SMILES string of the molecule is C[C@H]1[C@@H](Cn2cnc3ccccc32)O[C@@H](c2ccc(-c3ccccc3CNC(=O)c3ccccc3)cc2)O[C@H]1c1ccc(CO)cc1. The fourth-order valence-corrected chi connectivity index (χ4v) is 6.32. The Balaban J connectivity index is 1.14. The predicted molar refractivity (Wildman–Crippen MR) is 182 cm³/mol. The molecule has 4 atom stereocenters. The summed E-state index contributed by atoms with van der Waals surface area (Å²) in [5.41, 5.74) is 8.62. The summed E-state index contributed by atoms with van der Waals surface area (Å²) in [7, 11) is 0. The van der Waals surface area contributed by atoms with Crippen LogP contribution < -0.4 is 5.32 Å². The lowest BCUT2D eigenvalue weighted by molar-refractivity contribution is -0.276. The number of imidazole rings is 1. The van der Waals surface area contributed by atoms with E-state index in [4.69, 9.17) is 9.47 Å². The largest absolute Gasteiger partial charge is 0.392 e. The number of fused-ring (bicyclic) bond motifs is 1. The lowest BCUT2D eigenvalue weighted by atomic mass is 9.90. The Bertz CT molecular complexity index is 1950. The first-order chi connectivity index (χ1) is 23.1. The number of ether oxygens (including phenoxy) is 2. The summed E-state index contributed by atoms with van der Waals surface area (Å²) in [6.07, 6.45) is 0.936. The monoisotopic (exact) mass is 623 g/mol. The molecular weight excluding hydrogens is 586 g/mol. The Hall–Kier alpha value is -5.08. The van der Waals surface area contributed by atoms with Gasteiger partial charge in [-0.15, -0.1) is 0 Å². The zero-order chi connectivity index (χ0) is 32.2. The molecule has 2 N–H and O–H groups in total. The van der Waals surface area contributed by atoms with Crippen LogP contribution in [0.2, 0.25) is 0 Å². The molecule has 1 aliphatic heterocycles. The van der Waals surface area contributed by atoms with Crippen LogP contribution in [-0.2, 0) is 29.2 Å². The molecule has 0 aliphatic carbocycles. The minimum Gasteiger partial charge on any atom is -0.392 e. The number of hydrogen-bond acceptors (Lipinski definition) is 5. The lowest BCUT2D eigenvalue weighted by Gasteiger charge is -2.41. The van der Waals surface area contributed by atoms with Gasteiger partial charge in [0.1, 0.15) is 0 Å². The van der Waals surface area contributed by atoms with Gasteiger partial charge >= 0.3 is 0 Å². The molecule has 0 saturated carbocycles. The van der Waals surface area contributed by atoms with E-state index in [9.17, 15) is 9.90 Å². The van der Waals surface area contributed by atoms with Gasteiger partial charge in [-0.1, -0.05) is 110 Å². The van der Waals surface area contributed by atoms with Crippen molar-refractivity contribution in [2.24, 2.45) is 5.92 Å². The van der Waals surface area contributed by atoms with Crippen molar-refractivity contribution in [3.8, 4) is 11.1 Å². The van der Waals surface area contributed by atoms with E-state index in [0.717, 1.165) is 44.4 Å². The van der Waals surface area contributed by atoms with E-state index in [1.165, 1.54) is 0 Å². The van der Waals surface area contributed by atoms with Crippen molar-refractivity contribution in [3.63, 3.8) is 0 Å². The quantitative estimate of drug-likeness (QED) is 0.173. The third-order valence-corrected chi connectivity index (χ3v) is 9.01. The summed E-state index contributed by atoms with van der Waals surface area (Å²) >= 11 is 0. The fourth-order valence-electron chi connectivity index (χ4n) is 6.32. The maximum atomic E-state index is 12.7. The van der Waals surface area contributed by atoms with Crippen molar-refractivity contribution < 1.29 is 19.4 Å². The molecule has 6 aromatic rings. The molecule has 1 amide bonds. The number of para-hydroxylation sites is 2.